The Hall–Kier alpha value is -2.17. The molecule has 33 heavy (non-hydrogen) atoms. The monoisotopic (exact) mass is 480 g/mol. The number of pyridine rings is 1. The van der Waals surface area contributed by atoms with Gasteiger partial charge in [-0.05, 0) is 36.8 Å². The fourth-order valence-electron chi connectivity index (χ4n) is 3.74. The van der Waals surface area contributed by atoms with Crippen LogP contribution in [0.1, 0.15) is 43.0 Å². The van der Waals surface area contributed by atoms with Gasteiger partial charge in [0.25, 0.3) is 0 Å². The summed E-state index contributed by atoms with van der Waals surface area (Å²) in [4.78, 5) is 7.32. The normalized spacial score (nSPS) is 15.4. The molecular formula is C23H27F3N4O2S. The highest BCUT2D eigenvalue weighted by Gasteiger charge is 2.30. The van der Waals surface area contributed by atoms with E-state index in [1.807, 2.05) is 6.07 Å². The van der Waals surface area contributed by atoms with Gasteiger partial charge in [0.05, 0.1) is 30.8 Å². The first kappa shape index (κ1) is 24.0. The maximum absolute atomic E-state index is 12.9. The van der Waals surface area contributed by atoms with E-state index in [9.17, 15) is 13.2 Å². The zero-order valence-corrected chi connectivity index (χ0v) is 19.1. The molecule has 1 aromatic carbocycles. The second kappa shape index (κ2) is 11.3. The zero-order chi connectivity index (χ0) is 23.1. The number of hydrogen-bond donors (Lipinski definition) is 0. The highest BCUT2D eigenvalue weighted by molar-refractivity contribution is 7.99. The number of aromatic nitrogens is 3. The van der Waals surface area contributed by atoms with Crippen molar-refractivity contribution < 1.29 is 22.3 Å². The van der Waals surface area contributed by atoms with Crippen molar-refractivity contribution in [2.24, 2.45) is 0 Å². The Morgan fingerprint density at radius 1 is 0.970 bits per heavy atom. The van der Waals surface area contributed by atoms with Gasteiger partial charge in [-0.3, -0.25) is 9.88 Å². The SMILES string of the molecule is FC(F)(F)c1ccc2c(SCCCCCCc3nnc(CN4CCOCC4)o3)ccnc2c1. The van der Waals surface area contributed by atoms with E-state index in [1.54, 1.807) is 18.0 Å². The third kappa shape index (κ3) is 6.91. The summed E-state index contributed by atoms with van der Waals surface area (Å²) in [5.74, 6) is 2.26. The minimum atomic E-state index is -4.36. The summed E-state index contributed by atoms with van der Waals surface area (Å²) in [6, 6.07) is 5.62. The Balaban J connectivity index is 1.15. The molecule has 0 atom stereocenters. The van der Waals surface area contributed by atoms with Crippen molar-refractivity contribution in [1.29, 1.82) is 0 Å². The van der Waals surface area contributed by atoms with Crippen LogP contribution >= 0.6 is 11.8 Å². The first-order valence-corrected chi connectivity index (χ1v) is 12.2. The first-order valence-electron chi connectivity index (χ1n) is 11.2. The van der Waals surface area contributed by atoms with Crippen molar-refractivity contribution >= 4 is 22.7 Å². The van der Waals surface area contributed by atoms with Crippen molar-refractivity contribution in [3.63, 3.8) is 0 Å². The lowest BCUT2D eigenvalue weighted by Crippen LogP contribution is -2.35. The van der Waals surface area contributed by atoms with Crippen LogP contribution in [0.15, 0.2) is 39.8 Å². The number of nitrogens with zero attached hydrogens (tertiary/aromatic N) is 4. The van der Waals surface area contributed by atoms with Gasteiger partial charge in [0.1, 0.15) is 0 Å². The number of ether oxygens (including phenoxy) is 1. The molecular weight excluding hydrogens is 453 g/mol. The van der Waals surface area contributed by atoms with Gasteiger partial charge in [0, 0.05) is 36.0 Å². The van der Waals surface area contributed by atoms with E-state index in [2.05, 4.69) is 20.1 Å². The number of benzene rings is 1. The number of alkyl halides is 3. The number of hydrogen-bond acceptors (Lipinski definition) is 7. The van der Waals surface area contributed by atoms with Gasteiger partial charge in [0.15, 0.2) is 0 Å². The Morgan fingerprint density at radius 3 is 2.58 bits per heavy atom. The average molecular weight is 481 g/mol. The standard InChI is InChI=1S/C23H27F3N4O2S/c24-23(25,26)17-6-7-18-19(15-17)27-9-8-20(18)33-14-4-2-1-3-5-21-28-29-22(32-21)16-30-10-12-31-13-11-30/h6-9,15H,1-5,10-14,16H2. The van der Waals surface area contributed by atoms with Crippen LogP contribution in [-0.4, -0.2) is 52.1 Å². The molecule has 3 heterocycles. The van der Waals surface area contributed by atoms with Crippen LogP contribution in [0.2, 0.25) is 0 Å². The smallest absolute Gasteiger partial charge is 0.416 e. The molecule has 1 saturated heterocycles. The van der Waals surface area contributed by atoms with Crippen molar-refractivity contribution in [1.82, 2.24) is 20.1 Å². The summed E-state index contributed by atoms with van der Waals surface area (Å²) >= 11 is 1.66. The van der Waals surface area contributed by atoms with Crippen molar-refractivity contribution in [2.75, 3.05) is 32.1 Å². The molecule has 0 unspecified atom stereocenters. The number of aryl methyl sites for hydroxylation is 1. The average Bonchev–Trinajstić information content (AvgIpc) is 3.25. The first-order chi connectivity index (χ1) is 16.0. The molecule has 2 aromatic heterocycles. The van der Waals surface area contributed by atoms with Gasteiger partial charge in [-0.15, -0.1) is 22.0 Å². The molecule has 10 heteroatoms. The van der Waals surface area contributed by atoms with Gasteiger partial charge in [-0.1, -0.05) is 18.9 Å². The fourth-order valence-corrected chi connectivity index (χ4v) is 4.80. The lowest BCUT2D eigenvalue weighted by Gasteiger charge is -2.24. The lowest BCUT2D eigenvalue weighted by molar-refractivity contribution is -0.137. The van der Waals surface area contributed by atoms with Crippen LogP contribution in [0.4, 0.5) is 13.2 Å². The topological polar surface area (TPSA) is 64.3 Å². The van der Waals surface area contributed by atoms with Crippen LogP contribution < -0.4 is 0 Å². The summed E-state index contributed by atoms with van der Waals surface area (Å²) in [7, 11) is 0. The predicted octanol–water partition coefficient (Wildman–Crippen LogP) is 5.36. The maximum Gasteiger partial charge on any atom is 0.416 e. The molecule has 1 aliphatic heterocycles. The quantitative estimate of drug-likeness (QED) is 0.286. The number of unbranched alkanes of at least 4 members (excludes halogenated alkanes) is 3. The second-order valence-electron chi connectivity index (χ2n) is 8.03. The molecule has 1 fully saturated rings. The van der Waals surface area contributed by atoms with Crippen LogP contribution in [0.3, 0.4) is 0 Å². The van der Waals surface area contributed by atoms with Crippen molar-refractivity contribution in [3.05, 3.63) is 47.8 Å². The number of rotatable bonds is 10. The van der Waals surface area contributed by atoms with Crippen LogP contribution in [0.5, 0.6) is 0 Å². The molecule has 0 bridgehead atoms. The van der Waals surface area contributed by atoms with E-state index in [-0.39, 0.29) is 0 Å². The van der Waals surface area contributed by atoms with Gasteiger partial charge in [-0.25, -0.2) is 0 Å². The Morgan fingerprint density at radius 2 is 1.76 bits per heavy atom. The van der Waals surface area contributed by atoms with Gasteiger partial charge in [-0.2, -0.15) is 13.2 Å². The molecule has 1 aliphatic rings. The third-order valence-electron chi connectivity index (χ3n) is 5.54. The van der Waals surface area contributed by atoms with Crippen LogP contribution in [-0.2, 0) is 23.9 Å². The summed E-state index contributed by atoms with van der Waals surface area (Å²) in [6.07, 6.45) is 2.15. The fraction of sp³-hybridized carbons (Fsp3) is 0.522. The molecule has 4 rings (SSSR count). The Kier molecular flexibility index (Phi) is 8.21. The van der Waals surface area contributed by atoms with Crippen molar-refractivity contribution in [3.8, 4) is 0 Å². The van der Waals surface area contributed by atoms with E-state index in [4.69, 9.17) is 9.15 Å². The summed E-state index contributed by atoms with van der Waals surface area (Å²) < 4.78 is 49.9. The van der Waals surface area contributed by atoms with E-state index in [1.165, 1.54) is 6.07 Å². The zero-order valence-electron chi connectivity index (χ0n) is 18.3. The van der Waals surface area contributed by atoms with Gasteiger partial charge in [0.2, 0.25) is 11.8 Å². The summed E-state index contributed by atoms with van der Waals surface area (Å²) in [5.41, 5.74) is -0.290. The van der Waals surface area contributed by atoms with Crippen LogP contribution in [0, 0.1) is 0 Å². The minimum absolute atomic E-state index is 0.377. The Bertz CT molecular complexity index is 1040. The summed E-state index contributed by atoms with van der Waals surface area (Å²) in [6.45, 7) is 3.94. The largest absolute Gasteiger partial charge is 0.424 e. The molecule has 178 valence electrons. The Labute approximate surface area is 194 Å². The molecule has 0 radical (unpaired) electrons. The lowest BCUT2D eigenvalue weighted by atomic mass is 10.1. The van der Waals surface area contributed by atoms with Crippen LogP contribution in [0.25, 0.3) is 10.9 Å². The molecule has 3 aromatic rings. The van der Waals surface area contributed by atoms with E-state index >= 15 is 0 Å². The number of fused-ring (bicyclic) bond motifs is 1. The minimum Gasteiger partial charge on any atom is -0.424 e. The number of morpholine rings is 1. The van der Waals surface area contributed by atoms with Crippen molar-refractivity contribution in [2.45, 2.75) is 49.7 Å². The molecule has 0 amide bonds. The molecule has 0 spiro atoms. The van der Waals surface area contributed by atoms with Gasteiger partial charge < -0.3 is 9.15 Å². The molecule has 0 saturated carbocycles. The second-order valence-corrected chi connectivity index (χ2v) is 9.17. The number of halogens is 3. The van der Waals surface area contributed by atoms with E-state index < -0.39 is 11.7 Å². The predicted molar refractivity (Wildman–Crippen MR) is 120 cm³/mol. The molecule has 0 N–H and O–H groups in total. The molecule has 6 nitrogen and oxygen atoms in total. The number of thioether (sulfide) groups is 1. The molecule has 0 aliphatic carbocycles. The van der Waals surface area contributed by atoms with Gasteiger partial charge >= 0.3 is 6.18 Å². The van der Waals surface area contributed by atoms with E-state index in [0.717, 1.165) is 86.6 Å². The van der Waals surface area contributed by atoms with E-state index in [0.29, 0.717) is 23.8 Å². The highest BCUT2D eigenvalue weighted by Crippen LogP contribution is 2.34. The highest BCUT2D eigenvalue weighted by atomic mass is 32.2. The third-order valence-corrected chi connectivity index (χ3v) is 6.70. The summed E-state index contributed by atoms with van der Waals surface area (Å²) in [5, 5.41) is 9.06. The maximum atomic E-state index is 12.9.